The van der Waals surface area contributed by atoms with Crippen LogP contribution in [-0.4, -0.2) is 9.97 Å². The van der Waals surface area contributed by atoms with E-state index in [4.69, 9.17) is 9.97 Å². The zero-order chi connectivity index (χ0) is 33.0. The van der Waals surface area contributed by atoms with E-state index in [1.165, 1.54) is 76.5 Å². The summed E-state index contributed by atoms with van der Waals surface area (Å²) in [6, 6.07) is 61.6. The lowest BCUT2D eigenvalue weighted by atomic mass is 9.85. The van der Waals surface area contributed by atoms with Crippen molar-refractivity contribution >= 4 is 53.9 Å². The minimum absolute atomic E-state index is 0.731. The van der Waals surface area contributed by atoms with Crippen LogP contribution in [0.1, 0.15) is 0 Å². The molecule has 1 heterocycles. The monoisotopic (exact) mass is 634 g/mol. The van der Waals surface area contributed by atoms with E-state index < -0.39 is 0 Å². The van der Waals surface area contributed by atoms with Crippen LogP contribution in [0.25, 0.3) is 98.6 Å². The average Bonchev–Trinajstić information content (AvgIpc) is 3.19. The molecular weight excluding hydrogens is 605 g/mol. The highest BCUT2D eigenvalue weighted by Gasteiger charge is 2.19. The lowest BCUT2D eigenvalue weighted by Gasteiger charge is -2.18. The molecule has 10 rings (SSSR count). The number of hydrogen-bond donors (Lipinski definition) is 0. The van der Waals surface area contributed by atoms with E-state index in [9.17, 15) is 0 Å². The third kappa shape index (κ3) is 4.57. The van der Waals surface area contributed by atoms with Gasteiger partial charge < -0.3 is 0 Å². The van der Waals surface area contributed by atoms with Gasteiger partial charge in [0.05, 0.1) is 0 Å². The zero-order valence-corrected chi connectivity index (χ0v) is 27.2. The Morgan fingerprint density at radius 1 is 0.280 bits per heavy atom. The first-order valence-corrected chi connectivity index (χ1v) is 17.1. The van der Waals surface area contributed by atoms with Gasteiger partial charge in [-0.05, 0) is 118 Å². The van der Waals surface area contributed by atoms with Crippen LogP contribution < -0.4 is 0 Å². The van der Waals surface area contributed by atoms with E-state index in [0.717, 1.165) is 22.2 Å². The molecule has 0 aliphatic heterocycles. The number of hydrogen-bond acceptors (Lipinski definition) is 2. The van der Waals surface area contributed by atoms with E-state index >= 15 is 0 Å². The van der Waals surface area contributed by atoms with Gasteiger partial charge in [0.1, 0.15) is 0 Å². The van der Waals surface area contributed by atoms with Gasteiger partial charge in [0.25, 0.3) is 0 Å². The molecule has 0 amide bonds. The number of benzene rings is 9. The van der Waals surface area contributed by atoms with Gasteiger partial charge in [0.15, 0.2) is 5.82 Å². The summed E-state index contributed by atoms with van der Waals surface area (Å²) in [6.45, 7) is 0. The van der Waals surface area contributed by atoms with Crippen molar-refractivity contribution in [2.24, 2.45) is 0 Å². The predicted octanol–water partition coefficient (Wildman–Crippen LogP) is 12.9. The topological polar surface area (TPSA) is 25.8 Å². The van der Waals surface area contributed by atoms with Gasteiger partial charge in [-0.15, -0.1) is 0 Å². The molecule has 0 aliphatic carbocycles. The number of rotatable bonds is 4. The molecule has 0 spiro atoms. The van der Waals surface area contributed by atoms with Crippen molar-refractivity contribution in [3.63, 3.8) is 0 Å². The highest BCUT2D eigenvalue weighted by Crippen LogP contribution is 2.45. The van der Waals surface area contributed by atoms with Crippen molar-refractivity contribution in [3.8, 4) is 44.8 Å². The van der Waals surface area contributed by atoms with E-state index in [0.29, 0.717) is 0 Å². The van der Waals surface area contributed by atoms with E-state index in [1.54, 1.807) is 0 Å². The zero-order valence-electron chi connectivity index (χ0n) is 27.2. The van der Waals surface area contributed by atoms with Crippen LogP contribution in [0.5, 0.6) is 0 Å². The fourth-order valence-electron chi connectivity index (χ4n) is 7.84. The molecule has 0 atom stereocenters. The molecule has 0 saturated carbocycles. The first-order valence-electron chi connectivity index (χ1n) is 17.1. The summed E-state index contributed by atoms with van der Waals surface area (Å²) in [4.78, 5) is 9.53. The quantitative estimate of drug-likeness (QED) is 0.142. The highest BCUT2D eigenvalue weighted by molar-refractivity contribution is 6.22. The van der Waals surface area contributed by atoms with E-state index in [-0.39, 0.29) is 0 Å². The molecule has 232 valence electrons. The lowest BCUT2D eigenvalue weighted by molar-refractivity contribution is 1.18. The van der Waals surface area contributed by atoms with Gasteiger partial charge in [0, 0.05) is 18.0 Å². The second kappa shape index (κ2) is 11.5. The molecule has 0 bridgehead atoms. The van der Waals surface area contributed by atoms with Crippen molar-refractivity contribution < 1.29 is 0 Å². The maximum absolute atomic E-state index is 4.76. The van der Waals surface area contributed by atoms with Crippen LogP contribution >= 0.6 is 0 Å². The maximum Gasteiger partial charge on any atom is 0.160 e. The van der Waals surface area contributed by atoms with Crippen molar-refractivity contribution in [2.45, 2.75) is 0 Å². The van der Waals surface area contributed by atoms with Gasteiger partial charge in [-0.25, -0.2) is 9.97 Å². The van der Waals surface area contributed by atoms with E-state index in [2.05, 4.69) is 164 Å². The van der Waals surface area contributed by atoms with Gasteiger partial charge in [-0.2, -0.15) is 0 Å². The molecule has 0 aliphatic rings. The van der Waals surface area contributed by atoms with Crippen LogP contribution in [-0.2, 0) is 0 Å². The summed E-state index contributed by atoms with van der Waals surface area (Å²) in [7, 11) is 0. The maximum atomic E-state index is 4.76. The SMILES string of the molecule is c1ccc(-c2ccc3c(-c4cccc(-c5cccc6c5ccc5cc7ccccc7cc56)c4)c4ccccc4c(-c4ncccn4)c3c2)cc1. The molecule has 2 heteroatoms. The Kier molecular flexibility index (Phi) is 6.53. The lowest BCUT2D eigenvalue weighted by Crippen LogP contribution is -1.95. The minimum atomic E-state index is 0.731. The molecule has 0 radical (unpaired) electrons. The second-order valence-electron chi connectivity index (χ2n) is 13.0. The Balaban J connectivity index is 1.22. The van der Waals surface area contributed by atoms with Crippen LogP contribution in [0.2, 0.25) is 0 Å². The Labute approximate surface area is 290 Å². The van der Waals surface area contributed by atoms with Gasteiger partial charge in [-0.3, -0.25) is 0 Å². The molecule has 1 aromatic heterocycles. The summed E-state index contributed by atoms with van der Waals surface area (Å²) in [5, 5.41) is 12.2. The molecule has 0 saturated heterocycles. The highest BCUT2D eigenvalue weighted by atomic mass is 14.9. The van der Waals surface area contributed by atoms with Crippen LogP contribution in [0.4, 0.5) is 0 Å². The largest absolute Gasteiger partial charge is 0.237 e. The summed E-state index contributed by atoms with van der Waals surface area (Å²) in [5.74, 6) is 0.731. The van der Waals surface area contributed by atoms with Crippen molar-refractivity contribution in [1.29, 1.82) is 0 Å². The molecule has 2 nitrogen and oxygen atoms in total. The molecule has 0 fully saturated rings. The Morgan fingerprint density at radius 2 is 0.920 bits per heavy atom. The van der Waals surface area contributed by atoms with Crippen molar-refractivity contribution in [2.75, 3.05) is 0 Å². The molecule has 50 heavy (non-hydrogen) atoms. The summed E-state index contributed by atoms with van der Waals surface area (Å²) >= 11 is 0. The van der Waals surface area contributed by atoms with Gasteiger partial charge >= 0.3 is 0 Å². The first-order chi connectivity index (χ1) is 24.8. The predicted molar refractivity (Wildman–Crippen MR) is 211 cm³/mol. The Bertz CT molecular complexity index is 2910. The second-order valence-corrected chi connectivity index (χ2v) is 13.0. The van der Waals surface area contributed by atoms with Gasteiger partial charge in [0.2, 0.25) is 0 Å². The smallest absolute Gasteiger partial charge is 0.160 e. The normalized spacial score (nSPS) is 11.6. The average molecular weight is 635 g/mol. The van der Waals surface area contributed by atoms with Crippen LogP contribution in [0.15, 0.2) is 182 Å². The van der Waals surface area contributed by atoms with Crippen LogP contribution in [0, 0.1) is 0 Å². The molecule has 0 N–H and O–H groups in total. The molecule has 9 aromatic carbocycles. The number of nitrogens with zero attached hydrogens (tertiary/aromatic N) is 2. The molecule has 10 aromatic rings. The van der Waals surface area contributed by atoms with Crippen molar-refractivity contribution in [1.82, 2.24) is 9.97 Å². The number of aromatic nitrogens is 2. The van der Waals surface area contributed by atoms with Crippen LogP contribution in [0.3, 0.4) is 0 Å². The third-order valence-corrected chi connectivity index (χ3v) is 10.1. The Morgan fingerprint density at radius 3 is 1.76 bits per heavy atom. The molecule has 0 unspecified atom stereocenters. The fraction of sp³-hybridized carbons (Fsp3) is 0. The van der Waals surface area contributed by atoms with Gasteiger partial charge in [-0.1, -0.05) is 140 Å². The fourth-order valence-corrected chi connectivity index (χ4v) is 7.84. The minimum Gasteiger partial charge on any atom is -0.237 e. The first kappa shape index (κ1) is 28.4. The summed E-state index contributed by atoms with van der Waals surface area (Å²) < 4.78 is 0. The standard InChI is InChI=1S/C48H30N2/c1-2-11-31(12-3-1)34-21-24-43-45(30-34)47(48-49-25-10-26-50-48)42-18-7-6-17-41(42)46(43)37-16-8-15-35(28-37)38-19-9-20-39-40(38)23-22-36-27-32-13-4-5-14-33(32)29-44(36)39/h1-30H. The third-order valence-electron chi connectivity index (χ3n) is 10.1. The van der Waals surface area contributed by atoms with Crippen molar-refractivity contribution in [3.05, 3.63) is 182 Å². The number of fused-ring (bicyclic) bond motifs is 6. The summed E-state index contributed by atoms with van der Waals surface area (Å²) in [5.41, 5.74) is 8.23. The molecular formula is C48H30N2. The summed E-state index contributed by atoms with van der Waals surface area (Å²) in [6.07, 6.45) is 3.66. The van der Waals surface area contributed by atoms with E-state index in [1.807, 2.05) is 18.5 Å². The Hall–Kier alpha value is -6.64.